The summed E-state index contributed by atoms with van der Waals surface area (Å²) in [6.07, 6.45) is -0.485. The van der Waals surface area contributed by atoms with E-state index in [1.54, 1.807) is 20.8 Å². The molecule has 1 heterocycles. The summed E-state index contributed by atoms with van der Waals surface area (Å²) in [4.78, 5) is 23.9. The molecule has 1 fully saturated rings. The third kappa shape index (κ3) is 4.31. The van der Waals surface area contributed by atoms with Crippen LogP contribution >= 0.6 is 0 Å². The van der Waals surface area contributed by atoms with Crippen molar-refractivity contribution in [2.45, 2.75) is 38.2 Å². The molecule has 1 saturated heterocycles. The molecule has 0 unspecified atom stereocenters. The van der Waals surface area contributed by atoms with Gasteiger partial charge in [-0.25, -0.2) is 13.2 Å². The molecule has 0 spiro atoms. The molecule has 9 nitrogen and oxygen atoms in total. The lowest BCUT2D eigenvalue weighted by Crippen LogP contribution is -2.51. The highest BCUT2D eigenvalue weighted by molar-refractivity contribution is 7.89. The quantitative estimate of drug-likeness (QED) is 0.582. The number of piperazine rings is 1. The molecule has 26 heavy (non-hydrogen) atoms. The first-order chi connectivity index (χ1) is 11.9. The minimum absolute atomic E-state index is 0.0857. The Morgan fingerprint density at radius 2 is 1.77 bits per heavy atom. The van der Waals surface area contributed by atoms with Gasteiger partial charge in [0.05, 0.1) is 9.82 Å². The van der Waals surface area contributed by atoms with Crippen molar-refractivity contribution in [1.29, 1.82) is 0 Å². The van der Waals surface area contributed by atoms with Gasteiger partial charge in [0.1, 0.15) is 5.60 Å². The molecule has 1 aromatic rings. The summed E-state index contributed by atoms with van der Waals surface area (Å²) < 4.78 is 32.2. The van der Waals surface area contributed by atoms with Gasteiger partial charge < -0.3 is 9.64 Å². The van der Waals surface area contributed by atoms with Crippen LogP contribution in [-0.4, -0.2) is 60.4 Å². The maximum Gasteiger partial charge on any atom is 0.410 e. The van der Waals surface area contributed by atoms with Crippen molar-refractivity contribution in [3.05, 3.63) is 33.9 Å². The second-order valence-electron chi connectivity index (χ2n) is 7.03. The number of carbonyl (C=O) groups is 1. The fourth-order valence-electron chi connectivity index (χ4n) is 2.66. The lowest BCUT2D eigenvalue weighted by Gasteiger charge is -2.35. The molecule has 0 radical (unpaired) electrons. The van der Waals surface area contributed by atoms with E-state index in [0.29, 0.717) is 0 Å². The van der Waals surface area contributed by atoms with Crippen molar-refractivity contribution in [3.8, 4) is 0 Å². The number of carbonyl (C=O) groups excluding carboxylic acids is 1. The van der Waals surface area contributed by atoms with Crippen LogP contribution in [0, 0.1) is 17.0 Å². The third-order valence-corrected chi connectivity index (χ3v) is 6.00. The van der Waals surface area contributed by atoms with Crippen molar-refractivity contribution >= 4 is 21.8 Å². The lowest BCUT2D eigenvalue weighted by molar-refractivity contribution is -0.385. The van der Waals surface area contributed by atoms with E-state index in [1.165, 1.54) is 34.3 Å². The second-order valence-corrected chi connectivity index (χ2v) is 8.94. The Hall–Kier alpha value is -2.20. The van der Waals surface area contributed by atoms with Crippen LogP contribution in [0.1, 0.15) is 26.3 Å². The number of amides is 1. The fraction of sp³-hybridized carbons (Fsp3) is 0.562. The Bertz CT molecular complexity index is 808. The molecule has 0 aliphatic carbocycles. The van der Waals surface area contributed by atoms with Gasteiger partial charge in [0.2, 0.25) is 10.0 Å². The van der Waals surface area contributed by atoms with E-state index in [1.807, 2.05) is 0 Å². The summed E-state index contributed by atoms with van der Waals surface area (Å²) in [7, 11) is -3.88. The summed E-state index contributed by atoms with van der Waals surface area (Å²) in [5, 5.41) is 11.0. The Labute approximate surface area is 152 Å². The summed E-state index contributed by atoms with van der Waals surface area (Å²) in [6.45, 7) is 7.30. The van der Waals surface area contributed by atoms with Gasteiger partial charge in [0, 0.05) is 37.8 Å². The molecule has 1 aliphatic rings. The van der Waals surface area contributed by atoms with E-state index in [4.69, 9.17) is 4.74 Å². The van der Waals surface area contributed by atoms with Crippen LogP contribution in [0.15, 0.2) is 23.1 Å². The van der Waals surface area contributed by atoms with Crippen molar-refractivity contribution < 1.29 is 22.9 Å². The number of ether oxygens (including phenoxy) is 1. The molecule has 0 bridgehead atoms. The summed E-state index contributed by atoms with van der Waals surface area (Å²) in [5.41, 5.74) is -0.758. The second kappa shape index (κ2) is 7.20. The minimum atomic E-state index is -3.88. The van der Waals surface area contributed by atoms with Crippen LogP contribution in [0.25, 0.3) is 0 Å². The topological polar surface area (TPSA) is 110 Å². The number of benzene rings is 1. The first-order valence-electron chi connectivity index (χ1n) is 8.15. The van der Waals surface area contributed by atoms with Gasteiger partial charge in [-0.3, -0.25) is 10.1 Å². The van der Waals surface area contributed by atoms with E-state index in [2.05, 4.69) is 0 Å². The largest absolute Gasteiger partial charge is 0.444 e. The van der Waals surface area contributed by atoms with E-state index in [-0.39, 0.29) is 42.3 Å². The molecular formula is C16H23N3O6S. The number of sulfonamides is 1. The Balaban J connectivity index is 2.15. The summed E-state index contributed by atoms with van der Waals surface area (Å²) in [6, 6.07) is 3.99. The third-order valence-electron chi connectivity index (χ3n) is 3.96. The highest BCUT2D eigenvalue weighted by Gasteiger charge is 2.33. The molecule has 1 aromatic carbocycles. The maximum atomic E-state index is 12.9. The first kappa shape index (κ1) is 20.1. The summed E-state index contributed by atoms with van der Waals surface area (Å²) in [5.74, 6) is 0. The highest BCUT2D eigenvalue weighted by atomic mass is 32.2. The maximum absolute atomic E-state index is 12.9. The van der Waals surface area contributed by atoms with E-state index in [0.717, 1.165) is 0 Å². The van der Waals surface area contributed by atoms with Crippen LogP contribution in [0.2, 0.25) is 0 Å². The molecule has 1 aliphatic heterocycles. The number of hydrogen-bond donors (Lipinski definition) is 0. The number of nitrogens with zero attached hydrogens (tertiary/aromatic N) is 3. The van der Waals surface area contributed by atoms with Crippen LogP contribution in [0.5, 0.6) is 0 Å². The van der Waals surface area contributed by atoms with E-state index >= 15 is 0 Å². The molecule has 0 aromatic heterocycles. The number of hydrogen-bond acceptors (Lipinski definition) is 6. The van der Waals surface area contributed by atoms with Crippen LogP contribution in [0.4, 0.5) is 10.5 Å². The number of nitro groups is 1. The Kier molecular flexibility index (Phi) is 5.57. The van der Waals surface area contributed by atoms with Crippen molar-refractivity contribution in [3.63, 3.8) is 0 Å². The fourth-order valence-corrected chi connectivity index (χ4v) is 4.32. The van der Waals surface area contributed by atoms with Crippen molar-refractivity contribution in [2.75, 3.05) is 26.2 Å². The van der Waals surface area contributed by atoms with Crippen LogP contribution < -0.4 is 0 Å². The standard InChI is InChI=1S/C16H23N3O6S/c1-12-13(19(21)22)6-5-7-14(12)26(23,24)18-10-8-17(9-11-18)15(20)25-16(2,3)4/h5-7H,8-11H2,1-4H3. The van der Waals surface area contributed by atoms with Crippen molar-refractivity contribution in [1.82, 2.24) is 9.21 Å². The van der Waals surface area contributed by atoms with Crippen LogP contribution in [-0.2, 0) is 14.8 Å². The average Bonchev–Trinajstić information content (AvgIpc) is 2.53. The van der Waals surface area contributed by atoms with Gasteiger partial charge in [-0.15, -0.1) is 0 Å². The van der Waals surface area contributed by atoms with Gasteiger partial charge in [-0.05, 0) is 33.8 Å². The first-order valence-corrected chi connectivity index (χ1v) is 9.59. The van der Waals surface area contributed by atoms with Gasteiger partial charge in [0.15, 0.2) is 0 Å². The van der Waals surface area contributed by atoms with E-state index in [9.17, 15) is 23.3 Å². The smallest absolute Gasteiger partial charge is 0.410 e. The zero-order chi connectivity index (χ0) is 19.7. The Morgan fingerprint density at radius 3 is 2.27 bits per heavy atom. The van der Waals surface area contributed by atoms with E-state index < -0.39 is 26.6 Å². The monoisotopic (exact) mass is 385 g/mol. The number of rotatable bonds is 3. The Morgan fingerprint density at radius 1 is 1.19 bits per heavy atom. The average molecular weight is 385 g/mol. The minimum Gasteiger partial charge on any atom is -0.444 e. The zero-order valence-electron chi connectivity index (χ0n) is 15.3. The molecule has 10 heteroatoms. The SMILES string of the molecule is Cc1c([N+](=O)[O-])cccc1S(=O)(=O)N1CCN(C(=O)OC(C)(C)C)CC1. The molecule has 0 atom stereocenters. The van der Waals surface area contributed by atoms with Gasteiger partial charge in [-0.2, -0.15) is 4.31 Å². The normalized spacial score (nSPS) is 16.4. The number of nitro benzene ring substituents is 1. The van der Waals surface area contributed by atoms with Gasteiger partial charge >= 0.3 is 6.09 Å². The molecular weight excluding hydrogens is 362 g/mol. The van der Waals surface area contributed by atoms with Crippen LogP contribution in [0.3, 0.4) is 0 Å². The lowest BCUT2D eigenvalue weighted by atomic mass is 10.2. The predicted octanol–water partition coefficient (Wildman–Crippen LogP) is 2.14. The summed E-state index contributed by atoms with van der Waals surface area (Å²) >= 11 is 0. The molecule has 2 rings (SSSR count). The molecule has 0 saturated carbocycles. The van der Waals surface area contributed by atoms with Crippen molar-refractivity contribution in [2.24, 2.45) is 0 Å². The molecule has 144 valence electrons. The van der Waals surface area contributed by atoms with Gasteiger partial charge in [0.25, 0.3) is 5.69 Å². The molecule has 1 amide bonds. The molecule has 0 N–H and O–H groups in total. The zero-order valence-corrected chi connectivity index (χ0v) is 16.1. The highest BCUT2D eigenvalue weighted by Crippen LogP contribution is 2.27. The predicted molar refractivity (Wildman–Crippen MR) is 94.4 cm³/mol. The van der Waals surface area contributed by atoms with Gasteiger partial charge in [-0.1, -0.05) is 6.07 Å².